The first kappa shape index (κ1) is 25.6. The van der Waals surface area contributed by atoms with Crippen LogP contribution in [0.2, 0.25) is 0 Å². The number of alkyl halides is 1. The Kier molecular flexibility index (Phi) is 9.81. The van der Waals surface area contributed by atoms with E-state index in [1.54, 1.807) is 12.1 Å². The summed E-state index contributed by atoms with van der Waals surface area (Å²) in [5, 5.41) is 9.61. The number of ether oxygens (including phenoxy) is 2. The summed E-state index contributed by atoms with van der Waals surface area (Å²) in [6, 6.07) is 7.62. The largest absolute Gasteiger partial charge is 0.492 e. The Morgan fingerprint density at radius 1 is 1.18 bits per heavy atom. The molecule has 3 rings (SSSR count). The SMILES string of the molecule is CCCC[C@H](F)C(=O)O[C@H]1CC[C@H](COc2ccc(-c3ncc(CCC)cn3)cc2C#N)CC1. The van der Waals surface area contributed by atoms with Crippen LogP contribution < -0.4 is 4.74 Å². The quantitative estimate of drug-likeness (QED) is 0.378. The zero-order valence-electron chi connectivity index (χ0n) is 20.1. The Bertz CT molecular complexity index is 966. The van der Waals surface area contributed by atoms with Gasteiger partial charge in [-0.05, 0) is 68.2 Å². The van der Waals surface area contributed by atoms with E-state index in [0.717, 1.165) is 43.2 Å². The molecule has 1 aromatic heterocycles. The second-order valence-corrected chi connectivity index (χ2v) is 8.99. The third-order valence-corrected chi connectivity index (χ3v) is 6.22. The van der Waals surface area contributed by atoms with Gasteiger partial charge < -0.3 is 9.47 Å². The fraction of sp³-hybridized carbons (Fsp3) is 0.556. The van der Waals surface area contributed by atoms with E-state index in [9.17, 15) is 14.4 Å². The van der Waals surface area contributed by atoms with Crippen LogP contribution in [0.15, 0.2) is 30.6 Å². The Hall–Kier alpha value is -3.01. The molecule has 1 heterocycles. The third-order valence-electron chi connectivity index (χ3n) is 6.22. The van der Waals surface area contributed by atoms with E-state index in [1.165, 1.54) is 0 Å². The van der Waals surface area contributed by atoms with Crippen molar-refractivity contribution in [3.05, 3.63) is 41.7 Å². The Labute approximate surface area is 201 Å². The number of unbranched alkanes of at least 4 members (excludes halogenated alkanes) is 1. The van der Waals surface area contributed by atoms with Crippen molar-refractivity contribution in [2.45, 2.75) is 83.9 Å². The minimum atomic E-state index is -1.52. The maximum atomic E-state index is 13.9. The summed E-state index contributed by atoms with van der Waals surface area (Å²) in [4.78, 5) is 20.7. The summed E-state index contributed by atoms with van der Waals surface area (Å²) in [5.74, 6) is 0.701. The number of nitrogens with zero attached hydrogens (tertiary/aromatic N) is 3. The van der Waals surface area contributed by atoms with Gasteiger partial charge in [0.1, 0.15) is 17.9 Å². The minimum absolute atomic E-state index is 0.221. The van der Waals surface area contributed by atoms with Crippen LogP contribution in [-0.4, -0.2) is 34.8 Å². The first-order valence-corrected chi connectivity index (χ1v) is 12.4. The van der Waals surface area contributed by atoms with Crippen molar-refractivity contribution in [2.24, 2.45) is 5.92 Å². The number of carbonyl (C=O) groups excluding carboxylic acids is 1. The van der Waals surface area contributed by atoms with Crippen molar-refractivity contribution in [2.75, 3.05) is 6.61 Å². The number of hydrogen-bond acceptors (Lipinski definition) is 6. The highest BCUT2D eigenvalue weighted by molar-refractivity contribution is 5.74. The number of benzene rings is 1. The predicted octanol–water partition coefficient (Wildman–Crippen LogP) is 5.98. The lowest BCUT2D eigenvalue weighted by Gasteiger charge is -2.28. The number of aryl methyl sites for hydroxylation is 1. The Morgan fingerprint density at radius 2 is 1.91 bits per heavy atom. The first-order valence-electron chi connectivity index (χ1n) is 12.4. The number of halogens is 1. The van der Waals surface area contributed by atoms with Gasteiger partial charge in [-0.15, -0.1) is 0 Å². The molecule has 0 N–H and O–H groups in total. The number of rotatable bonds is 11. The molecule has 1 saturated carbocycles. The van der Waals surface area contributed by atoms with Crippen LogP contribution in [-0.2, 0) is 16.0 Å². The average Bonchev–Trinajstić information content (AvgIpc) is 2.87. The summed E-state index contributed by atoms with van der Waals surface area (Å²) in [7, 11) is 0. The van der Waals surface area contributed by atoms with E-state index in [-0.39, 0.29) is 12.5 Å². The van der Waals surface area contributed by atoms with Crippen molar-refractivity contribution in [3.8, 4) is 23.2 Å². The summed E-state index contributed by atoms with van der Waals surface area (Å²) in [6.07, 6.45) is 8.74. The number of esters is 1. The molecule has 1 aliphatic rings. The molecule has 34 heavy (non-hydrogen) atoms. The summed E-state index contributed by atoms with van der Waals surface area (Å²) >= 11 is 0. The van der Waals surface area contributed by atoms with Crippen LogP contribution in [0.4, 0.5) is 4.39 Å². The van der Waals surface area contributed by atoms with Crippen LogP contribution in [0, 0.1) is 17.2 Å². The van der Waals surface area contributed by atoms with Crippen molar-refractivity contribution < 1.29 is 18.7 Å². The summed E-state index contributed by atoms with van der Waals surface area (Å²) in [5.41, 5.74) is 2.32. The van der Waals surface area contributed by atoms with Gasteiger partial charge in [0.05, 0.1) is 12.2 Å². The Balaban J connectivity index is 1.49. The normalized spacial score (nSPS) is 18.6. The molecule has 1 aliphatic carbocycles. The molecular formula is C27H34FN3O3. The van der Waals surface area contributed by atoms with Gasteiger partial charge in [0.2, 0.25) is 0 Å². The van der Waals surface area contributed by atoms with Crippen LogP contribution in [0.1, 0.15) is 76.3 Å². The Morgan fingerprint density at radius 3 is 2.56 bits per heavy atom. The summed E-state index contributed by atoms with van der Waals surface area (Å²) in [6.45, 7) is 4.57. The lowest BCUT2D eigenvalue weighted by Crippen LogP contribution is -2.30. The molecule has 0 bridgehead atoms. The maximum Gasteiger partial charge on any atom is 0.340 e. The molecule has 6 nitrogen and oxygen atoms in total. The van der Waals surface area contributed by atoms with Crippen molar-refractivity contribution >= 4 is 5.97 Å². The number of hydrogen-bond donors (Lipinski definition) is 0. The molecule has 1 aromatic carbocycles. The van der Waals surface area contributed by atoms with Crippen LogP contribution in [0.5, 0.6) is 5.75 Å². The number of nitriles is 1. The zero-order chi connectivity index (χ0) is 24.3. The second-order valence-electron chi connectivity index (χ2n) is 8.99. The van der Waals surface area contributed by atoms with Crippen molar-refractivity contribution in [3.63, 3.8) is 0 Å². The fourth-order valence-corrected chi connectivity index (χ4v) is 4.17. The van der Waals surface area contributed by atoms with E-state index in [0.29, 0.717) is 48.9 Å². The van der Waals surface area contributed by atoms with E-state index in [2.05, 4.69) is 23.0 Å². The lowest BCUT2D eigenvalue weighted by molar-refractivity contribution is -0.157. The standard InChI is InChI=1S/C27H34FN3O3/c1-3-5-7-24(28)27(32)34-23-11-8-19(9-12-23)18-33-25-13-10-21(14-22(25)15-29)26-30-16-20(6-4-2)17-31-26/h10,13-14,16-17,19,23-24H,3-9,11-12,18H2,1-2H3/t19-,23-,24-/m0/s1. The van der Waals surface area contributed by atoms with Crippen molar-refractivity contribution in [1.29, 1.82) is 5.26 Å². The molecule has 182 valence electrons. The van der Waals surface area contributed by atoms with Gasteiger partial charge in [-0.25, -0.2) is 19.2 Å². The van der Waals surface area contributed by atoms with Crippen LogP contribution >= 0.6 is 0 Å². The van der Waals surface area contributed by atoms with Gasteiger partial charge in [0.15, 0.2) is 12.0 Å². The first-order chi connectivity index (χ1) is 16.5. The molecule has 0 unspecified atom stereocenters. The molecular weight excluding hydrogens is 433 g/mol. The van der Waals surface area contributed by atoms with Crippen LogP contribution in [0.3, 0.4) is 0 Å². The van der Waals surface area contributed by atoms with Gasteiger partial charge in [-0.2, -0.15) is 5.26 Å². The number of carbonyl (C=O) groups is 1. The highest BCUT2D eigenvalue weighted by atomic mass is 19.1. The molecule has 0 aliphatic heterocycles. The predicted molar refractivity (Wildman–Crippen MR) is 128 cm³/mol. The molecule has 0 saturated heterocycles. The van der Waals surface area contributed by atoms with Gasteiger partial charge in [-0.1, -0.05) is 33.1 Å². The summed E-state index contributed by atoms with van der Waals surface area (Å²) < 4.78 is 25.2. The fourth-order valence-electron chi connectivity index (χ4n) is 4.17. The molecule has 7 heteroatoms. The smallest absolute Gasteiger partial charge is 0.340 e. The molecule has 0 radical (unpaired) electrons. The topological polar surface area (TPSA) is 85.1 Å². The highest BCUT2D eigenvalue weighted by Crippen LogP contribution is 2.29. The van der Waals surface area contributed by atoms with Gasteiger partial charge in [0, 0.05) is 18.0 Å². The third kappa shape index (κ3) is 7.24. The minimum Gasteiger partial charge on any atom is -0.492 e. The molecule has 0 amide bonds. The van der Waals surface area contributed by atoms with E-state index >= 15 is 0 Å². The molecule has 0 spiro atoms. The second kappa shape index (κ2) is 13.0. The molecule has 2 aromatic rings. The monoisotopic (exact) mass is 467 g/mol. The zero-order valence-corrected chi connectivity index (χ0v) is 20.1. The van der Waals surface area contributed by atoms with Gasteiger partial charge >= 0.3 is 5.97 Å². The van der Waals surface area contributed by atoms with Crippen molar-refractivity contribution in [1.82, 2.24) is 9.97 Å². The lowest BCUT2D eigenvalue weighted by atomic mass is 9.88. The van der Waals surface area contributed by atoms with E-state index in [4.69, 9.17) is 9.47 Å². The van der Waals surface area contributed by atoms with Crippen LogP contribution in [0.25, 0.3) is 11.4 Å². The molecule has 1 atom stereocenters. The van der Waals surface area contributed by atoms with Gasteiger partial charge in [-0.3, -0.25) is 0 Å². The van der Waals surface area contributed by atoms with E-state index in [1.807, 2.05) is 25.4 Å². The van der Waals surface area contributed by atoms with Gasteiger partial charge in [0.25, 0.3) is 0 Å². The number of aromatic nitrogens is 2. The van der Waals surface area contributed by atoms with E-state index < -0.39 is 12.1 Å². The average molecular weight is 468 g/mol. The maximum absolute atomic E-state index is 13.9. The molecule has 1 fully saturated rings. The highest BCUT2D eigenvalue weighted by Gasteiger charge is 2.27.